The molecule has 1 fully saturated rings. The third-order valence-electron chi connectivity index (χ3n) is 3.61. The summed E-state index contributed by atoms with van der Waals surface area (Å²) in [7, 11) is 1.62. The molecular formula is C18H40O3. The molecule has 0 unspecified atom stereocenters. The van der Waals surface area contributed by atoms with Gasteiger partial charge in [0.05, 0.1) is 12.5 Å². The van der Waals surface area contributed by atoms with Crippen molar-refractivity contribution < 1.29 is 14.3 Å². The van der Waals surface area contributed by atoms with Gasteiger partial charge in [0.25, 0.3) is 0 Å². The third kappa shape index (κ3) is 10.8. The molecule has 1 aliphatic rings. The molecular weight excluding hydrogens is 264 g/mol. The summed E-state index contributed by atoms with van der Waals surface area (Å²) in [6.07, 6.45) is 5.58. The molecule has 1 saturated carbocycles. The molecule has 0 aromatic carbocycles. The number of hydrogen-bond acceptors (Lipinski definition) is 3. The summed E-state index contributed by atoms with van der Waals surface area (Å²) in [6, 6.07) is 0. The maximum atomic E-state index is 11.8. The second kappa shape index (κ2) is 12.0. The first kappa shape index (κ1) is 25.4. The fourth-order valence-corrected chi connectivity index (χ4v) is 2.81. The van der Waals surface area contributed by atoms with Gasteiger partial charge >= 0.3 is 5.97 Å². The summed E-state index contributed by atoms with van der Waals surface area (Å²) in [5, 5.41) is 0. The Morgan fingerprint density at radius 3 is 1.95 bits per heavy atom. The number of ether oxygens (including phenoxy) is 2. The van der Waals surface area contributed by atoms with Crippen LogP contribution in [-0.2, 0) is 14.3 Å². The smallest absolute Gasteiger partial charge is 0.309 e. The minimum atomic E-state index is -0.0266. The van der Waals surface area contributed by atoms with Gasteiger partial charge in [-0.05, 0) is 43.4 Å². The van der Waals surface area contributed by atoms with E-state index in [1.807, 2.05) is 0 Å². The van der Waals surface area contributed by atoms with E-state index >= 15 is 0 Å². The predicted molar refractivity (Wildman–Crippen MR) is 92.5 cm³/mol. The van der Waals surface area contributed by atoms with Gasteiger partial charge in [-0.2, -0.15) is 0 Å². The molecule has 3 nitrogen and oxygen atoms in total. The number of hydrogen-bond donors (Lipinski definition) is 0. The maximum absolute atomic E-state index is 11.8. The lowest BCUT2D eigenvalue weighted by atomic mass is 9.74. The third-order valence-corrected chi connectivity index (χ3v) is 3.61. The van der Waals surface area contributed by atoms with E-state index in [9.17, 15) is 4.79 Å². The second-order valence-electron chi connectivity index (χ2n) is 6.64. The summed E-state index contributed by atoms with van der Waals surface area (Å²) < 4.78 is 10.1. The average molecular weight is 305 g/mol. The zero-order valence-corrected chi connectivity index (χ0v) is 12.3. The summed E-state index contributed by atoms with van der Waals surface area (Å²) in [5.74, 6) is 0.882. The molecule has 0 amide bonds. The molecule has 1 aliphatic carbocycles. The minimum absolute atomic E-state index is 0. The highest BCUT2D eigenvalue weighted by atomic mass is 16.6. The molecule has 0 saturated heterocycles. The highest BCUT2D eigenvalue weighted by Gasteiger charge is 2.29. The second-order valence-corrected chi connectivity index (χ2v) is 6.64. The quantitative estimate of drug-likeness (QED) is 0.509. The molecule has 0 N–H and O–H groups in total. The molecule has 0 spiro atoms. The van der Waals surface area contributed by atoms with Gasteiger partial charge in [-0.15, -0.1) is 0 Å². The van der Waals surface area contributed by atoms with Gasteiger partial charge < -0.3 is 9.47 Å². The van der Waals surface area contributed by atoms with Crippen molar-refractivity contribution in [1.29, 1.82) is 0 Å². The van der Waals surface area contributed by atoms with Gasteiger partial charge in [0, 0.05) is 7.11 Å². The largest absolute Gasteiger partial charge is 0.463 e. The van der Waals surface area contributed by atoms with Crippen LogP contribution in [0.2, 0.25) is 0 Å². The van der Waals surface area contributed by atoms with Crippen LogP contribution in [0.25, 0.3) is 0 Å². The molecule has 21 heavy (non-hydrogen) atoms. The number of carbonyl (C=O) groups is 1. The van der Waals surface area contributed by atoms with E-state index in [0.717, 1.165) is 18.8 Å². The average Bonchev–Trinajstić information content (AvgIpc) is 2.28. The zero-order valence-electron chi connectivity index (χ0n) is 12.3. The van der Waals surface area contributed by atoms with Crippen molar-refractivity contribution in [3.8, 4) is 0 Å². The molecule has 0 aromatic rings. The first-order valence-corrected chi connectivity index (χ1v) is 7.08. The van der Waals surface area contributed by atoms with Crippen LogP contribution >= 0.6 is 0 Å². The van der Waals surface area contributed by atoms with Crippen LogP contribution in [0.15, 0.2) is 0 Å². The summed E-state index contributed by atoms with van der Waals surface area (Å²) in [6.45, 7) is 7.75. The Morgan fingerprint density at radius 2 is 1.52 bits per heavy atom. The Hall–Kier alpha value is -0.570. The number of carbonyl (C=O) groups excluding carboxylic acids is 1. The van der Waals surface area contributed by atoms with Gasteiger partial charge in [0.1, 0.15) is 6.61 Å². The van der Waals surface area contributed by atoms with Crippen molar-refractivity contribution in [3.05, 3.63) is 0 Å². The maximum Gasteiger partial charge on any atom is 0.309 e. The molecule has 1 rings (SSSR count). The molecule has 3 heteroatoms. The van der Waals surface area contributed by atoms with E-state index < -0.39 is 0 Å². The Balaban J connectivity index is -0.00000108. The Morgan fingerprint density at radius 1 is 1.00 bits per heavy atom. The van der Waals surface area contributed by atoms with E-state index in [1.54, 1.807) is 7.11 Å². The van der Waals surface area contributed by atoms with E-state index in [0.29, 0.717) is 18.6 Å². The number of esters is 1. The number of rotatable bonds is 5. The topological polar surface area (TPSA) is 35.5 Å². The van der Waals surface area contributed by atoms with Crippen LogP contribution in [0, 0.1) is 17.3 Å². The molecule has 0 radical (unpaired) electrons. The Bertz CT molecular complexity index is 248. The molecule has 0 bridgehead atoms. The Kier molecular flexibility index (Phi) is 14.5. The van der Waals surface area contributed by atoms with Gasteiger partial charge in [-0.25, -0.2) is 0 Å². The molecule has 130 valence electrons. The molecule has 0 atom stereocenters. The van der Waals surface area contributed by atoms with Crippen molar-refractivity contribution in [2.45, 2.75) is 75.2 Å². The zero-order chi connectivity index (χ0) is 13.6. The monoisotopic (exact) mass is 304 g/mol. The minimum Gasteiger partial charge on any atom is -0.463 e. The van der Waals surface area contributed by atoms with Crippen LogP contribution in [-0.4, -0.2) is 26.3 Å². The highest BCUT2D eigenvalue weighted by Crippen LogP contribution is 2.36. The summed E-state index contributed by atoms with van der Waals surface area (Å²) in [5.41, 5.74) is 0.399. The fraction of sp³-hybridized carbons (Fsp3) is 0.944. The van der Waals surface area contributed by atoms with Gasteiger partial charge in [-0.3, -0.25) is 4.79 Å². The van der Waals surface area contributed by atoms with Crippen molar-refractivity contribution in [3.63, 3.8) is 0 Å². The lowest BCUT2D eigenvalue weighted by Gasteiger charge is -2.31. The summed E-state index contributed by atoms with van der Waals surface area (Å²) >= 11 is 0. The number of methoxy groups -OCH3 is 1. The van der Waals surface area contributed by atoms with Crippen LogP contribution in [0.3, 0.4) is 0 Å². The normalized spacial score (nSPS) is 21.3. The lowest BCUT2D eigenvalue weighted by molar-refractivity contribution is -0.151. The van der Waals surface area contributed by atoms with Gasteiger partial charge in [0.2, 0.25) is 0 Å². The Labute approximate surface area is 133 Å². The van der Waals surface area contributed by atoms with Crippen LogP contribution in [0.4, 0.5) is 0 Å². The summed E-state index contributed by atoms with van der Waals surface area (Å²) in [4.78, 5) is 11.8. The van der Waals surface area contributed by atoms with Crippen LogP contribution in [0.5, 0.6) is 0 Å². The van der Waals surface area contributed by atoms with E-state index in [1.165, 1.54) is 19.3 Å². The van der Waals surface area contributed by atoms with Crippen molar-refractivity contribution in [2.24, 2.45) is 17.3 Å². The predicted octanol–water partition coefficient (Wildman–Crippen LogP) is 5.33. The van der Waals surface area contributed by atoms with Crippen molar-refractivity contribution in [1.82, 2.24) is 0 Å². The van der Waals surface area contributed by atoms with Crippen molar-refractivity contribution >= 4 is 5.97 Å². The fourth-order valence-electron chi connectivity index (χ4n) is 2.81. The van der Waals surface area contributed by atoms with E-state index in [4.69, 9.17) is 9.47 Å². The van der Waals surface area contributed by atoms with Crippen molar-refractivity contribution in [2.75, 3.05) is 20.3 Å². The van der Waals surface area contributed by atoms with E-state index in [2.05, 4.69) is 20.8 Å². The molecule has 0 aromatic heterocycles. The van der Waals surface area contributed by atoms with Crippen LogP contribution < -0.4 is 0 Å². The SMILES string of the molecule is C.C.C.COCCOC(=O)C1CCC(CC(C)(C)C)CC1. The van der Waals surface area contributed by atoms with E-state index in [-0.39, 0.29) is 34.2 Å². The van der Waals surface area contributed by atoms with Gasteiger partial charge in [-0.1, -0.05) is 43.1 Å². The first-order chi connectivity index (χ1) is 8.42. The van der Waals surface area contributed by atoms with Crippen LogP contribution in [0.1, 0.15) is 75.2 Å². The molecule has 0 heterocycles. The molecule has 0 aliphatic heterocycles. The standard InChI is InChI=1S/C15H28O3.3CH4/c1-15(2,3)11-12-5-7-13(8-6-12)14(16)18-10-9-17-4;;;/h12-13H,5-11H2,1-4H3;3*1H4. The first-order valence-electron chi connectivity index (χ1n) is 7.08. The lowest BCUT2D eigenvalue weighted by Crippen LogP contribution is -2.26. The van der Waals surface area contributed by atoms with Gasteiger partial charge in [0.15, 0.2) is 0 Å². The highest BCUT2D eigenvalue weighted by molar-refractivity contribution is 5.72.